The van der Waals surface area contributed by atoms with Gasteiger partial charge in [0.1, 0.15) is 18.5 Å². The van der Waals surface area contributed by atoms with Crippen LogP contribution in [0.1, 0.15) is 40.8 Å². The van der Waals surface area contributed by atoms with E-state index in [2.05, 4.69) is 4.98 Å². The quantitative estimate of drug-likeness (QED) is 0.709. The minimum absolute atomic E-state index is 0.0231. The van der Waals surface area contributed by atoms with E-state index in [-0.39, 0.29) is 12.4 Å². The first kappa shape index (κ1) is 21.8. The van der Waals surface area contributed by atoms with Gasteiger partial charge in [0.2, 0.25) is 0 Å². The van der Waals surface area contributed by atoms with Crippen LogP contribution >= 0.6 is 0 Å². The summed E-state index contributed by atoms with van der Waals surface area (Å²) in [5, 5.41) is 0. The van der Waals surface area contributed by atoms with Gasteiger partial charge in [-0.2, -0.15) is 4.98 Å². The van der Waals surface area contributed by atoms with Crippen molar-refractivity contribution in [1.82, 2.24) is 9.55 Å². The average molecular weight is 399 g/mol. The Bertz CT molecular complexity index is 792. The summed E-state index contributed by atoms with van der Waals surface area (Å²) in [6.07, 6.45) is -2.69. The number of carbonyl (C=O) groups is 2. The maximum Gasteiger partial charge on any atom is 0.351 e. The van der Waals surface area contributed by atoms with Crippen molar-refractivity contribution >= 4 is 17.8 Å². The van der Waals surface area contributed by atoms with Gasteiger partial charge in [-0.15, -0.1) is 0 Å². The van der Waals surface area contributed by atoms with E-state index < -0.39 is 53.6 Å². The Morgan fingerprint density at radius 1 is 1.32 bits per heavy atom. The Hall–Kier alpha value is -2.49. The fraction of sp³-hybridized carbons (Fsp3) is 0.667. The number of hydrogen-bond donors (Lipinski definition) is 1. The molecule has 0 radical (unpaired) electrons. The standard InChI is InChI=1S/C18H26FN3O6/c1-9(2)14(23)26-8-11-13(28-15(24)10(3)4)18(5,19)16(27-11)22-7-6-12(20)21-17(22)25/h6-7,9-11,13,16H,8H2,1-5H3,(H2,20,21,25)/t11-,13?,16-,18+/m1/s1. The highest BCUT2D eigenvalue weighted by molar-refractivity contribution is 5.72. The molecule has 156 valence electrons. The van der Waals surface area contributed by atoms with Crippen LogP contribution in [0.5, 0.6) is 0 Å². The van der Waals surface area contributed by atoms with Crippen molar-refractivity contribution in [2.45, 2.75) is 58.7 Å². The maximum absolute atomic E-state index is 15.7. The van der Waals surface area contributed by atoms with Crippen molar-refractivity contribution in [3.05, 3.63) is 22.7 Å². The number of ether oxygens (including phenoxy) is 3. The van der Waals surface area contributed by atoms with Crippen LogP contribution in [0, 0.1) is 11.8 Å². The number of nitrogens with two attached hydrogens (primary N) is 1. The molecule has 1 fully saturated rings. The summed E-state index contributed by atoms with van der Waals surface area (Å²) < 4.78 is 32.7. The Morgan fingerprint density at radius 3 is 2.46 bits per heavy atom. The van der Waals surface area contributed by atoms with Crippen molar-refractivity contribution in [2.24, 2.45) is 11.8 Å². The van der Waals surface area contributed by atoms with Gasteiger partial charge in [-0.25, -0.2) is 9.18 Å². The van der Waals surface area contributed by atoms with E-state index >= 15 is 4.39 Å². The van der Waals surface area contributed by atoms with Gasteiger partial charge in [-0.3, -0.25) is 14.2 Å². The molecule has 2 rings (SSSR count). The molecule has 28 heavy (non-hydrogen) atoms. The molecular weight excluding hydrogens is 373 g/mol. The van der Waals surface area contributed by atoms with E-state index in [1.807, 2.05) is 0 Å². The Balaban J connectivity index is 2.34. The second-order valence-corrected chi connectivity index (χ2v) is 7.52. The number of rotatable bonds is 6. The predicted octanol–water partition coefficient (Wildman–Crippen LogP) is 1.22. The highest BCUT2D eigenvalue weighted by atomic mass is 19.1. The average Bonchev–Trinajstić information content (AvgIpc) is 2.83. The molecule has 0 amide bonds. The normalized spacial score (nSPS) is 27.2. The summed E-state index contributed by atoms with van der Waals surface area (Å²) in [6, 6.07) is 1.32. The summed E-state index contributed by atoms with van der Waals surface area (Å²) >= 11 is 0. The van der Waals surface area contributed by atoms with Crippen molar-refractivity contribution in [3.63, 3.8) is 0 Å². The minimum atomic E-state index is -2.29. The number of nitrogen functional groups attached to an aromatic ring is 1. The zero-order chi connectivity index (χ0) is 21.2. The highest BCUT2D eigenvalue weighted by Gasteiger charge is 2.58. The van der Waals surface area contributed by atoms with Crippen LogP contribution in [-0.4, -0.2) is 46.0 Å². The molecule has 1 saturated heterocycles. The third-order valence-electron chi connectivity index (χ3n) is 4.36. The van der Waals surface area contributed by atoms with Gasteiger partial charge < -0.3 is 19.9 Å². The summed E-state index contributed by atoms with van der Waals surface area (Å²) in [6.45, 7) is 7.33. The fourth-order valence-electron chi connectivity index (χ4n) is 2.73. The molecule has 1 unspecified atom stereocenters. The fourth-order valence-corrected chi connectivity index (χ4v) is 2.73. The number of alkyl halides is 1. The first-order valence-corrected chi connectivity index (χ1v) is 9.01. The minimum Gasteiger partial charge on any atom is -0.463 e. The van der Waals surface area contributed by atoms with Gasteiger partial charge in [-0.05, 0) is 13.0 Å². The lowest BCUT2D eigenvalue weighted by molar-refractivity contribution is -0.165. The van der Waals surface area contributed by atoms with E-state index in [9.17, 15) is 14.4 Å². The molecule has 1 aromatic rings. The molecular formula is C18H26FN3O6. The number of esters is 2. The van der Waals surface area contributed by atoms with Crippen LogP contribution in [0.15, 0.2) is 17.1 Å². The van der Waals surface area contributed by atoms with Crippen LogP contribution in [0.2, 0.25) is 0 Å². The molecule has 0 saturated carbocycles. The van der Waals surface area contributed by atoms with Gasteiger partial charge in [0.25, 0.3) is 0 Å². The van der Waals surface area contributed by atoms with Crippen LogP contribution in [0.4, 0.5) is 10.2 Å². The zero-order valence-electron chi connectivity index (χ0n) is 16.5. The third kappa shape index (κ3) is 4.49. The number of nitrogens with zero attached hydrogens (tertiary/aromatic N) is 2. The summed E-state index contributed by atoms with van der Waals surface area (Å²) in [7, 11) is 0. The second-order valence-electron chi connectivity index (χ2n) is 7.52. The first-order chi connectivity index (χ1) is 12.9. The van der Waals surface area contributed by atoms with Crippen LogP contribution in [0.3, 0.4) is 0 Å². The molecule has 1 aromatic heterocycles. The predicted molar refractivity (Wildman–Crippen MR) is 96.8 cm³/mol. The Labute approximate surface area is 162 Å². The van der Waals surface area contributed by atoms with E-state index in [4.69, 9.17) is 19.9 Å². The Kier molecular flexibility index (Phi) is 6.43. The molecule has 1 aliphatic rings. The number of hydrogen-bond acceptors (Lipinski definition) is 8. The Morgan fingerprint density at radius 2 is 1.93 bits per heavy atom. The van der Waals surface area contributed by atoms with E-state index in [0.29, 0.717) is 0 Å². The molecule has 0 spiro atoms. The lowest BCUT2D eigenvalue weighted by Crippen LogP contribution is -2.46. The lowest BCUT2D eigenvalue weighted by Gasteiger charge is -2.28. The number of carbonyl (C=O) groups excluding carboxylic acids is 2. The summed E-state index contributed by atoms with van der Waals surface area (Å²) in [5.74, 6) is -2.07. The van der Waals surface area contributed by atoms with Crippen molar-refractivity contribution in [2.75, 3.05) is 12.3 Å². The lowest BCUT2D eigenvalue weighted by atomic mass is 9.98. The number of halogens is 1. The number of anilines is 1. The monoisotopic (exact) mass is 399 g/mol. The molecule has 0 aliphatic carbocycles. The van der Waals surface area contributed by atoms with Gasteiger partial charge in [0.05, 0.1) is 11.8 Å². The van der Waals surface area contributed by atoms with Crippen LogP contribution < -0.4 is 11.4 Å². The van der Waals surface area contributed by atoms with Crippen molar-refractivity contribution in [3.8, 4) is 0 Å². The molecule has 2 N–H and O–H groups in total. The molecule has 0 bridgehead atoms. The SMILES string of the molecule is CC(C)C(=O)OC[C@H]1O[C@@H](n2ccc(N)nc2=O)[C@@](C)(F)C1OC(=O)C(C)C. The number of aromatic nitrogens is 2. The second kappa shape index (κ2) is 8.26. The maximum atomic E-state index is 15.7. The molecule has 10 heteroatoms. The van der Waals surface area contributed by atoms with Gasteiger partial charge >= 0.3 is 17.6 Å². The molecule has 4 atom stereocenters. The van der Waals surface area contributed by atoms with Gasteiger partial charge in [0, 0.05) is 6.20 Å². The highest BCUT2D eigenvalue weighted by Crippen LogP contribution is 2.42. The molecule has 9 nitrogen and oxygen atoms in total. The van der Waals surface area contributed by atoms with Crippen LogP contribution in [0.25, 0.3) is 0 Å². The van der Waals surface area contributed by atoms with Crippen LogP contribution in [-0.2, 0) is 23.8 Å². The molecule has 0 aromatic carbocycles. The van der Waals surface area contributed by atoms with E-state index in [0.717, 1.165) is 11.5 Å². The van der Waals surface area contributed by atoms with E-state index in [1.165, 1.54) is 12.3 Å². The zero-order valence-corrected chi connectivity index (χ0v) is 16.5. The smallest absolute Gasteiger partial charge is 0.351 e. The largest absolute Gasteiger partial charge is 0.463 e. The van der Waals surface area contributed by atoms with Gasteiger partial charge in [0.15, 0.2) is 18.0 Å². The molecule has 2 heterocycles. The van der Waals surface area contributed by atoms with Crippen molar-refractivity contribution < 1.29 is 28.2 Å². The van der Waals surface area contributed by atoms with Gasteiger partial charge in [-0.1, -0.05) is 27.7 Å². The summed E-state index contributed by atoms with van der Waals surface area (Å²) in [5.41, 5.74) is 2.36. The topological polar surface area (TPSA) is 123 Å². The first-order valence-electron chi connectivity index (χ1n) is 9.01. The third-order valence-corrected chi connectivity index (χ3v) is 4.36. The van der Waals surface area contributed by atoms with Crippen molar-refractivity contribution in [1.29, 1.82) is 0 Å². The molecule has 1 aliphatic heterocycles. The van der Waals surface area contributed by atoms with E-state index in [1.54, 1.807) is 27.7 Å². The summed E-state index contributed by atoms with van der Waals surface area (Å²) in [4.78, 5) is 39.6.